The van der Waals surface area contributed by atoms with E-state index in [-0.39, 0.29) is 10.1 Å². The average Bonchev–Trinajstić information content (AvgIpc) is 2.71. The number of phenolic OH excluding ortho intramolecular Hbond substituents is 1. The summed E-state index contributed by atoms with van der Waals surface area (Å²) < 4.78 is 0.247. The Labute approximate surface area is 137 Å². The van der Waals surface area contributed by atoms with Crippen LogP contribution in [0.4, 0.5) is 0 Å². The van der Waals surface area contributed by atoms with E-state index in [1.165, 1.54) is 17.0 Å². The second kappa shape index (κ2) is 6.93. The highest BCUT2D eigenvalue weighted by Gasteiger charge is 2.39. The minimum Gasteiger partial charge on any atom is -0.508 e. The molecule has 5 nitrogen and oxygen atoms in total. The van der Waals surface area contributed by atoms with E-state index in [2.05, 4.69) is 0 Å². The Morgan fingerprint density at radius 1 is 1.50 bits per heavy atom. The Morgan fingerprint density at radius 2 is 2.23 bits per heavy atom. The molecule has 1 aromatic rings. The van der Waals surface area contributed by atoms with Crippen molar-refractivity contribution in [3.05, 3.63) is 34.7 Å². The Bertz CT molecular complexity index is 657. The fourth-order valence-electron chi connectivity index (χ4n) is 2.15. The molecule has 1 heterocycles. The number of carboxylic acids is 1. The second-order valence-electron chi connectivity index (χ2n) is 4.79. The predicted molar refractivity (Wildman–Crippen MR) is 89.5 cm³/mol. The molecule has 1 saturated heterocycles. The van der Waals surface area contributed by atoms with Gasteiger partial charge in [0.15, 0.2) is 0 Å². The van der Waals surface area contributed by atoms with Crippen molar-refractivity contribution >= 4 is 46.3 Å². The van der Waals surface area contributed by atoms with E-state index < -0.39 is 17.9 Å². The van der Waals surface area contributed by atoms with Gasteiger partial charge in [0.1, 0.15) is 16.1 Å². The summed E-state index contributed by atoms with van der Waals surface area (Å²) in [5, 5.41) is 18.8. The molecule has 1 aliphatic rings. The maximum absolute atomic E-state index is 12.4. The smallest absolute Gasteiger partial charge is 0.326 e. The second-order valence-corrected chi connectivity index (χ2v) is 6.47. The van der Waals surface area contributed by atoms with Crippen LogP contribution >= 0.6 is 24.0 Å². The highest BCUT2D eigenvalue weighted by Crippen LogP contribution is 2.35. The van der Waals surface area contributed by atoms with Crippen LogP contribution in [0.5, 0.6) is 5.75 Å². The zero-order chi connectivity index (χ0) is 16.3. The number of aromatic hydroxyl groups is 1. The first-order chi connectivity index (χ1) is 10.4. The molecule has 0 radical (unpaired) electrons. The minimum atomic E-state index is -1.06. The molecule has 1 amide bonds. The number of hydrogen-bond donors (Lipinski definition) is 2. The van der Waals surface area contributed by atoms with E-state index >= 15 is 0 Å². The molecule has 1 unspecified atom stereocenters. The van der Waals surface area contributed by atoms with Crippen LogP contribution < -0.4 is 0 Å². The number of aliphatic carboxylic acids is 1. The van der Waals surface area contributed by atoms with Crippen LogP contribution in [-0.4, -0.2) is 37.4 Å². The molecule has 1 aliphatic heterocycles. The highest BCUT2D eigenvalue weighted by atomic mass is 32.2. The number of nitrogens with zero attached hydrogens (tertiary/aromatic N) is 1. The number of carboxylic acid groups (broad SMARTS) is 1. The predicted octanol–water partition coefficient (Wildman–Crippen LogP) is 2.85. The van der Waals surface area contributed by atoms with Crippen LogP contribution in [0.25, 0.3) is 6.08 Å². The monoisotopic (exact) mass is 337 g/mol. The fourth-order valence-corrected chi connectivity index (χ4v) is 3.51. The van der Waals surface area contributed by atoms with Crippen LogP contribution in [0.15, 0.2) is 29.2 Å². The number of thiocarbonyl (C=S) groups is 1. The highest BCUT2D eigenvalue weighted by molar-refractivity contribution is 8.26. The molecule has 0 bridgehead atoms. The van der Waals surface area contributed by atoms with Gasteiger partial charge in [-0.1, -0.05) is 49.5 Å². The number of rotatable bonds is 5. The average molecular weight is 337 g/mol. The lowest BCUT2D eigenvalue weighted by atomic mass is 10.1. The van der Waals surface area contributed by atoms with Crippen LogP contribution in [0.2, 0.25) is 0 Å². The van der Waals surface area contributed by atoms with Crippen LogP contribution in [0.1, 0.15) is 25.3 Å². The number of amides is 1. The minimum absolute atomic E-state index is 0.0959. The Kier molecular flexibility index (Phi) is 5.20. The molecule has 116 valence electrons. The van der Waals surface area contributed by atoms with Crippen molar-refractivity contribution in [2.45, 2.75) is 25.8 Å². The molecular formula is C15H15NO4S2. The molecule has 1 atom stereocenters. The van der Waals surface area contributed by atoms with Crippen LogP contribution in [-0.2, 0) is 9.59 Å². The van der Waals surface area contributed by atoms with Gasteiger partial charge in [-0.2, -0.15) is 0 Å². The van der Waals surface area contributed by atoms with E-state index in [1.807, 2.05) is 6.92 Å². The van der Waals surface area contributed by atoms with Gasteiger partial charge in [-0.15, -0.1) is 0 Å². The third-order valence-electron chi connectivity index (χ3n) is 3.15. The number of carbonyl (C=O) groups excluding carboxylic acids is 1. The molecule has 2 rings (SSSR count). The number of hydrogen-bond acceptors (Lipinski definition) is 5. The van der Waals surface area contributed by atoms with Gasteiger partial charge >= 0.3 is 5.97 Å². The third kappa shape index (κ3) is 3.48. The number of thioether (sulfide) groups is 1. The van der Waals surface area contributed by atoms with Crippen molar-refractivity contribution in [2.75, 3.05) is 0 Å². The number of benzene rings is 1. The summed E-state index contributed by atoms with van der Waals surface area (Å²) in [7, 11) is 0. The van der Waals surface area contributed by atoms with E-state index in [0.717, 1.165) is 11.8 Å². The molecule has 7 heteroatoms. The first-order valence-electron chi connectivity index (χ1n) is 6.73. The lowest BCUT2D eigenvalue weighted by molar-refractivity contribution is -0.145. The molecule has 1 fully saturated rings. The van der Waals surface area contributed by atoms with Gasteiger partial charge in [0.2, 0.25) is 0 Å². The molecule has 0 spiro atoms. The van der Waals surface area contributed by atoms with Crippen molar-refractivity contribution in [1.82, 2.24) is 4.90 Å². The van der Waals surface area contributed by atoms with Crippen molar-refractivity contribution in [1.29, 1.82) is 0 Å². The van der Waals surface area contributed by atoms with Gasteiger partial charge in [-0.25, -0.2) is 4.79 Å². The normalized spacial score (nSPS) is 18.0. The Hall–Kier alpha value is -1.86. The van der Waals surface area contributed by atoms with Gasteiger partial charge in [0.05, 0.1) is 4.91 Å². The summed E-state index contributed by atoms with van der Waals surface area (Å²) in [6.07, 6.45) is 2.59. The molecule has 2 N–H and O–H groups in total. The molecule has 0 saturated carbocycles. The van der Waals surface area contributed by atoms with Crippen LogP contribution in [0, 0.1) is 0 Å². The summed E-state index contributed by atoms with van der Waals surface area (Å²) in [5.74, 6) is -1.37. The lowest BCUT2D eigenvalue weighted by Crippen LogP contribution is -2.43. The first-order valence-corrected chi connectivity index (χ1v) is 7.95. The van der Waals surface area contributed by atoms with Crippen LogP contribution in [0.3, 0.4) is 0 Å². The fraction of sp³-hybridized carbons (Fsp3) is 0.267. The van der Waals surface area contributed by atoms with E-state index in [1.54, 1.807) is 18.2 Å². The topological polar surface area (TPSA) is 77.8 Å². The van der Waals surface area contributed by atoms with Gasteiger partial charge in [-0.3, -0.25) is 9.69 Å². The van der Waals surface area contributed by atoms with Gasteiger partial charge in [-0.05, 0) is 30.2 Å². The van der Waals surface area contributed by atoms with Crippen molar-refractivity contribution in [3.63, 3.8) is 0 Å². The quantitative estimate of drug-likeness (QED) is 0.635. The molecular weight excluding hydrogens is 322 g/mol. The SMILES string of the molecule is CCCC(C(=O)O)N1C(=O)/C(=C/c2cccc(O)c2)SC1=S. The summed E-state index contributed by atoms with van der Waals surface area (Å²) >= 11 is 6.24. The largest absolute Gasteiger partial charge is 0.508 e. The zero-order valence-electron chi connectivity index (χ0n) is 11.9. The van der Waals surface area contributed by atoms with Crippen molar-refractivity contribution < 1.29 is 19.8 Å². The summed E-state index contributed by atoms with van der Waals surface area (Å²) in [4.78, 5) is 25.3. The Morgan fingerprint density at radius 3 is 2.82 bits per heavy atom. The van der Waals surface area contributed by atoms with E-state index in [0.29, 0.717) is 23.3 Å². The first kappa shape index (κ1) is 16.5. The standard InChI is InChI=1S/C15H15NO4S2/c1-2-4-11(14(19)20)16-13(18)12(22-15(16)21)8-9-5-3-6-10(17)7-9/h3,5-8,11,17H,2,4H2,1H3,(H,19,20)/b12-8-. The zero-order valence-corrected chi connectivity index (χ0v) is 13.5. The van der Waals surface area contributed by atoms with Crippen molar-refractivity contribution in [2.24, 2.45) is 0 Å². The summed E-state index contributed by atoms with van der Waals surface area (Å²) in [6.45, 7) is 1.86. The Balaban J connectivity index is 2.30. The van der Waals surface area contributed by atoms with Gasteiger partial charge < -0.3 is 10.2 Å². The maximum atomic E-state index is 12.4. The lowest BCUT2D eigenvalue weighted by Gasteiger charge is -2.22. The van der Waals surface area contributed by atoms with Gasteiger partial charge in [0.25, 0.3) is 5.91 Å². The summed E-state index contributed by atoms with van der Waals surface area (Å²) in [5.41, 5.74) is 0.655. The van der Waals surface area contributed by atoms with Gasteiger partial charge in [0, 0.05) is 0 Å². The third-order valence-corrected chi connectivity index (χ3v) is 4.48. The molecule has 0 aliphatic carbocycles. The van der Waals surface area contributed by atoms with Crippen molar-refractivity contribution in [3.8, 4) is 5.75 Å². The van der Waals surface area contributed by atoms with E-state index in [4.69, 9.17) is 12.2 Å². The molecule has 1 aromatic carbocycles. The van der Waals surface area contributed by atoms with E-state index in [9.17, 15) is 19.8 Å². The summed E-state index contributed by atoms with van der Waals surface area (Å²) in [6, 6.07) is 5.52. The molecule has 22 heavy (non-hydrogen) atoms. The number of phenols is 1. The maximum Gasteiger partial charge on any atom is 0.326 e. The molecule has 0 aromatic heterocycles. The number of carbonyl (C=O) groups is 2.